The molecule has 1 aliphatic carbocycles. The molecule has 0 aromatic carbocycles. The lowest BCUT2D eigenvalue weighted by Crippen LogP contribution is -2.25. The van der Waals surface area contributed by atoms with Gasteiger partial charge < -0.3 is 5.32 Å². The fourth-order valence-electron chi connectivity index (χ4n) is 1.40. The molecule has 0 bridgehead atoms. The van der Waals surface area contributed by atoms with E-state index in [2.05, 4.69) is 26.2 Å². The molecule has 0 saturated heterocycles. The normalized spacial score (nSPS) is 15.0. The quantitative estimate of drug-likeness (QED) is 0.911. The smallest absolute Gasteiger partial charge is 0.269 e. The van der Waals surface area contributed by atoms with Crippen molar-refractivity contribution in [2.75, 3.05) is 6.54 Å². The Balaban J connectivity index is 1.81. The predicted molar refractivity (Wildman–Crippen MR) is 61.6 cm³/mol. The van der Waals surface area contributed by atoms with Crippen molar-refractivity contribution in [1.29, 1.82) is 0 Å². The standard InChI is InChI=1S/C11H13BrN2O/c12-9-3-4-10(14-7-9)11(15)13-6-5-8-1-2-8/h3-4,7-8H,1-2,5-6H2,(H,13,15). The molecule has 1 fully saturated rings. The fraction of sp³-hybridized carbons (Fsp3) is 0.455. The van der Waals surface area contributed by atoms with Gasteiger partial charge in [-0.15, -0.1) is 0 Å². The lowest BCUT2D eigenvalue weighted by molar-refractivity contribution is 0.0947. The average molecular weight is 269 g/mol. The van der Waals surface area contributed by atoms with E-state index in [1.165, 1.54) is 12.8 Å². The van der Waals surface area contributed by atoms with Gasteiger partial charge in [0.15, 0.2) is 0 Å². The molecule has 3 nitrogen and oxygen atoms in total. The molecule has 80 valence electrons. The van der Waals surface area contributed by atoms with Gasteiger partial charge in [0, 0.05) is 17.2 Å². The third kappa shape index (κ3) is 3.30. The number of carbonyl (C=O) groups is 1. The third-order valence-corrected chi connectivity index (χ3v) is 2.96. The van der Waals surface area contributed by atoms with E-state index in [4.69, 9.17) is 0 Å². The van der Waals surface area contributed by atoms with Crippen LogP contribution in [0.1, 0.15) is 29.8 Å². The Morgan fingerprint density at radius 3 is 2.93 bits per heavy atom. The number of amides is 1. The third-order valence-electron chi connectivity index (χ3n) is 2.50. The molecule has 0 aliphatic heterocycles. The predicted octanol–water partition coefficient (Wildman–Crippen LogP) is 2.37. The maximum atomic E-state index is 11.6. The van der Waals surface area contributed by atoms with E-state index in [0.717, 1.165) is 23.4 Å². The van der Waals surface area contributed by atoms with Crippen LogP contribution in [0, 0.1) is 5.92 Å². The molecular weight excluding hydrogens is 256 g/mol. The molecule has 15 heavy (non-hydrogen) atoms. The highest BCUT2D eigenvalue weighted by Crippen LogP contribution is 2.31. The highest BCUT2D eigenvalue weighted by Gasteiger charge is 2.20. The van der Waals surface area contributed by atoms with Crippen molar-refractivity contribution >= 4 is 21.8 Å². The Hall–Kier alpha value is -0.900. The first-order valence-corrected chi connectivity index (χ1v) is 5.95. The molecule has 0 atom stereocenters. The van der Waals surface area contributed by atoms with Gasteiger partial charge in [-0.3, -0.25) is 4.79 Å². The van der Waals surface area contributed by atoms with E-state index in [1.54, 1.807) is 12.3 Å². The number of nitrogens with one attached hydrogen (secondary N) is 1. The number of carbonyl (C=O) groups excluding carboxylic acids is 1. The first kappa shape index (κ1) is 10.6. The molecule has 4 heteroatoms. The van der Waals surface area contributed by atoms with Gasteiger partial charge in [0.05, 0.1) is 0 Å². The summed E-state index contributed by atoms with van der Waals surface area (Å²) in [7, 11) is 0. The van der Waals surface area contributed by atoms with Gasteiger partial charge in [-0.25, -0.2) is 4.98 Å². The minimum absolute atomic E-state index is 0.0804. The number of nitrogens with zero attached hydrogens (tertiary/aromatic N) is 1. The number of aromatic nitrogens is 1. The summed E-state index contributed by atoms with van der Waals surface area (Å²) < 4.78 is 0.886. The van der Waals surface area contributed by atoms with Crippen molar-refractivity contribution in [2.24, 2.45) is 5.92 Å². The summed E-state index contributed by atoms with van der Waals surface area (Å²) in [6.07, 6.45) is 5.39. The van der Waals surface area contributed by atoms with Gasteiger partial charge in [0.25, 0.3) is 5.91 Å². The summed E-state index contributed by atoms with van der Waals surface area (Å²) in [5, 5.41) is 2.87. The van der Waals surface area contributed by atoms with Gasteiger partial charge in [0.2, 0.25) is 0 Å². The number of rotatable bonds is 4. The zero-order valence-corrected chi connectivity index (χ0v) is 9.96. The molecule has 1 N–H and O–H groups in total. The van der Waals surface area contributed by atoms with E-state index < -0.39 is 0 Å². The Morgan fingerprint density at radius 2 is 2.33 bits per heavy atom. The molecule has 0 unspecified atom stereocenters. The SMILES string of the molecule is O=C(NCCC1CC1)c1ccc(Br)cn1. The summed E-state index contributed by atoms with van der Waals surface area (Å²) in [5.74, 6) is 0.770. The van der Waals surface area contributed by atoms with Crippen LogP contribution in [0.25, 0.3) is 0 Å². The number of hydrogen-bond acceptors (Lipinski definition) is 2. The number of halogens is 1. The summed E-state index contributed by atoms with van der Waals surface area (Å²) in [6, 6.07) is 3.54. The zero-order chi connectivity index (χ0) is 10.7. The monoisotopic (exact) mass is 268 g/mol. The average Bonchev–Trinajstić information content (AvgIpc) is 3.02. The first-order chi connectivity index (χ1) is 7.25. The van der Waals surface area contributed by atoms with Crippen molar-refractivity contribution in [3.63, 3.8) is 0 Å². The second-order valence-corrected chi connectivity index (χ2v) is 4.77. The molecule has 1 aliphatic rings. The van der Waals surface area contributed by atoms with Crippen LogP contribution in [0.5, 0.6) is 0 Å². The van der Waals surface area contributed by atoms with Crippen LogP contribution in [-0.2, 0) is 0 Å². The van der Waals surface area contributed by atoms with E-state index >= 15 is 0 Å². The first-order valence-electron chi connectivity index (χ1n) is 5.15. The summed E-state index contributed by atoms with van der Waals surface area (Å²) in [4.78, 5) is 15.6. The molecule has 2 rings (SSSR count). The highest BCUT2D eigenvalue weighted by atomic mass is 79.9. The lowest BCUT2D eigenvalue weighted by Gasteiger charge is -2.03. The molecule has 1 aromatic rings. The minimum atomic E-state index is -0.0804. The van der Waals surface area contributed by atoms with E-state index in [-0.39, 0.29) is 5.91 Å². The maximum absolute atomic E-state index is 11.6. The summed E-state index contributed by atoms with van der Waals surface area (Å²) in [6.45, 7) is 0.765. The Bertz CT molecular complexity index is 346. The second-order valence-electron chi connectivity index (χ2n) is 3.85. The van der Waals surface area contributed by atoms with Crippen LogP contribution in [0.3, 0.4) is 0 Å². The van der Waals surface area contributed by atoms with Crippen molar-refractivity contribution in [3.8, 4) is 0 Å². The Kier molecular flexibility index (Phi) is 3.36. The van der Waals surface area contributed by atoms with Crippen LogP contribution in [0.4, 0.5) is 0 Å². The van der Waals surface area contributed by atoms with Gasteiger partial charge in [-0.1, -0.05) is 12.8 Å². The van der Waals surface area contributed by atoms with Crippen LogP contribution >= 0.6 is 15.9 Å². The number of hydrogen-bond donors (Lipinski definition) is 1. The Labute approximate surface area is 97.4 Å². The van der Waals surface area contributed by atoms with Crippen molar-refractivity contribution in [2.45, 2.75) is 19.3 Å². The maximum Gasteiger partial charge on any atom is 0.269 e. The summed E-state index contributed by atoms with van der Waals surface area (Å²) in [5.41, 5.74) is 0.481. The molecule has 1 aromatic heterocycles. The fourth-order valence-corrected chi connectivity index (χ4v) is 1.63. The van der Waals surface area contributed by atoms with Crippen LogP contribution in [0.15, 0.2) is 22.8 Å². The highest BCUT2D eigenvalue weighted by molar-refractivity contribution is 9.10. The zero-order valence-electron chi connectivity index (χ0n) is 8.37. The molecule has 0 radical (unpaired) electrons. The largest absolute Gasteiger partial charge is 0.351 e. The van der Waals surface area contributed by atoms with E-state index in [1.807, 2.05) is 6.07 Å². The van der Waals surface area contributed by atoms with Crippen LogP contribution in [0.2, 0.25) is 0 Å². The minimum Gasteiger partial charge on any atom is -0.351 e. The Morgan fingerprint density at radius 1 is 1.53 bits per heavy atom. The van der Waals surface area contributed by atoms with Crippen molar-refractivity contribution in [1.82, 2.24) is 10.3 Å². The van der Waals surface area contributed by atoms with Gasteiger partial charge in [0.1, 0.15) is 5.69 Å². The molecular formula is C11H13BrN2O. The van der Waals surface area contributed by atoms with Crippen molar-refractivity contribution < 1.29 is 4.79 Å². The molecule has 1 saturated carbocycles. The molecule has 0 spiro atoms. The van der Waals surface area contributed by atoms with E-state index in [0.29, 0.717) is 5.69 Å². The van der Waals surface area contributed by atoms with Crippen LogP contribution in [-0.4, -0.2) is 17.4 Å². The van der Waals surface area contributed by atoms with Gasteiger partial charge in [-0.05, 0) is 40.4 Å². The topological polar surface area (TPSA) is 42.0 Å². The van der Waals surface area contributed by atoms with E-state index in [9.17, 15) is 4.79 Å². The number of pyridine rings is 1. The van der Waals surface area contributed by atoms with Crippen LogP contribution < -0.4 is 5.32 Å². The van der Waals surface area contributed by atoms with Gasteiger partial charge >= 0.3 is 0 Å². The summed E-state index contributed by atoms with van der Waals surface area (Å²) >= 11 is 3.28. The molecule has 1 heterocycles. The second kappa shape index (κ2) is 4.75. The molecule has 1 amide bonds. The van der Waals surface area contributed by atoms with Gasteiger partial charge in [-0.2, -0.15) is 0 Å². The lowest BCUT2D eigenvalue weighted by atomic mass is 10.3. The van der Waals surface area contributed by atoms with Crippen molar-refractivity contribution in [3.05, 3.63) is 28.5 Å².